The first-order chi connectivity index (χ1) is 14.8. The van der Waals surface area contributed by atoms with Crippen molar-refractivity contribution in [3.63, 3.8) is 0 Å². The van der Waals surface area contributed by atoms with Crippen LogP contribution in [0.5, 0.6) is 0 Å². The summed E-state index contributed by atoms with van der Waals surface area (Å²) in [5.74, 6) is 0.632. The molecule has 0 saturated carbocycles. The minimum absolute atomic E-state index is 0.632. The van der Waals surface area contributed by atoms with E-state index in [9.17, 15) is 0 Å². The second-order valence-corrected chi connectivity index (χ2v) is 7.81. The summed E-state index contributed by atoms with van der Waals surface area (Å²) in [6.45, 7) is 0. The van der Waals surface area contributed by atoms with Gasteiger partial charge in [-0.3, -0.25) is 4.40 Å². The molecule has 0 radical (unpaired) electrons. The number of nitrogens with zero attached hydrogens (tertiary/aromatic N) is 3. The number of hydrogen-bond acceptors (Lipinski definition) is 2. The predicted molar refractivity (Wildman–Crippen MR) is 122 cm³/mol. The average molecular weight is 387 g/mol. The van der Waals surface area contributed by atoms with Crippen LogP contribution >= 0.6 is 0 Å². The number of fused-ring (bicyclic) bond motifs is 8. The molecule has 0 bridgehead atoms. The van der Waals surface area contributed by atoms with Gasteiger partial charge in [-0.1, -0.05) is 42.5 Å². The van der Waals surface area contributed by atoms with E-state index in [-0.39, 0.29) is 0 Å². The zero-order valence-electron chi connectivity index (χ0n) is 16.3. The minimum atomic E-state index is 0.632. The molecule has 30 heavy (non-hydrogen) atoms. The monoisotopic (exact) mass is 387 g/mol. The Balaban J connectivity index is 1.51. The molecule has 0 fully saturated rings. The molecular weight excluding hydrogens is 370 g/mol. The summed E-state index contributed by atoms with van der Waals surface area (Å²) in [6.07, 6.45) is 0. The molecule has 0 amide bonds. The fraction of sp³-hybridized carbons (Fsp3) is 0.0385. The van der Waals surface area contributed by atoms with Gasteiger partial charge >= 0.3 is 5.84 Å². The first kappa shape index (κ1) is 15.8. The molecule has 4 aromatic carbocycles. The molecule has 0 aliphatic rings. The lowest BCUT2D eigenvalue weighted by molar-refractivity contribution is 0.643. The summed E-state index contributed by atoms with van der Waals surface area (Å²) in [5, 5.41) is 2.56. The second-order valence-electron chi connectivity index (χ2n) is 7.81. The standard InChI is InChI=1S/C26H17N3O/c1-28-21-7-3-2-6-18(21)19-14-16(11-13-22(19)28)17-10-12-20-24(15-17)29-23-8-4-5-9-25(23)30-26(29)27-20/h2-15H,1H3. The highest BCUT2D eigenvalue weighted by Crippen LogP contribution is 2.34. The van der Waals surface area contributed by atoms with E-state index in [0.29, 0.717) is 5.84 Å². The van der Waals surface area contributed by atoms with Crippen molar-refractivity contribution in [1.82, 2.24) is 14.0 Å². The van der Waals surface area contributed by atoms with Crippen molar-refractivity contribution in [2.75, 3.05) is 0 Å². The van der Waals surface area contributed by atoms with Crippen molar-refractivity contribution < 1.29 is 4.42 Å². The lowest BCUT2D eigenvalue weighted by Gasteiger charge is -2.04. The Hall–Kier alpha value is -4.05. The molecule has 0 spiro atoms. The highest BCUT2D eigenvalue weighted by molar-refractivity contribution is 6.09. The Morgan fingerprint density at radius 2 is 1.40 bits per heavy atom. The van der Waals surface area contributed by atoms with E-state index in [2.05, 4.69) is 87.7 Å². The van der Waals surface area contributed by atoms with Gasteiger partial charge in [-0.05, 0) is 53.6 Å². The molecule has 142 valence electrons. The van der Waals surface area contributed by atoms with Crippen LogP contribution in [0.3, 0.4) is 0 Å². The molecule has 4 nitrogen and oxygen atoms in total. The van der Waals surface area contributed by atoms with Gasteiger partial charge in [-0.25, -0.2) is 0 Å². The van der Waals surface area contributed by atoms with E-state index >= 15 is 0 Å². The number of oxazole rings is 1. The molecule has 7 rings (SSSR count). The van der Waals surface area contributed by atoms with Gasteiger partial charge in [0.05, 0.1) is 16.6 Å². The summed E-state index contributed by atoms with van der Waals surface area (Å²) >= 11 is 0. The maximum absolute atomic E-state index is 5.94. The average Bonchev–Trinajstić information content (AvgIpc) is 3.42. The summed E-state index contributed by atoms with van der Waals surface area (Å²) < 4.78 is 10.3. The maximum atomic E-state index is 5.94. The molecular formula is C26H17N3O. The van der Waals surface area contributed by atoms with Crippen LogP contribution in [-0.2, 0) is 7.05 Å². The van der Waals surface area contributed by atoms with Gasteiger partial charge in [0.25, 0.3) is 0 Å². The van der Waals surface area contributed by atoms with Gasteiger partial charge < -0.3 is 8.98 Å². The predicted octanol–water partition coefficient (Wildman–Crippen LogP) is 6.55. The second kappa shape index (κ2) is 5.51. The van der Waals surface area contributed by atoms with E-state index in [4.69, 9.17) is 4.42 Å². The van der Waals surface area contributed by atoms with Crippen molar-refractivity contribution in [3.8, 4) is 11.1 Å². The minimum Gasteiger partial charge on any atom is -0.423 e. The highest BCUT2D eigenvalue weighted by atomic mass is 16.4. The zero-order chi connectivity index (χ0) is 19.8. The zero-order valence-corrected chi connectivity index (χ0v) is 16.3. The maximum Gasteiger partial charge on any atom is 0.307 e. The molecule has 0 N–H and O–H groups in total. The van der Waals surface area contributed by atoms with Crippen molar-refractivity contribution in [2.24, 2.45) is 7.05 Å². The van der Waals surface area contributed by atoms with Crippen LogP contribution in [0.4, 0.5) is 0 Å². The first-order valence-corrected chi connectivity index (χ1v) is 10.1. The fourth-order valence-electron chi connectivity index (χ4n) is 4.71. The first-order valence-electron chi connectivity index (χ1n) is 10.1. The van der Waals surface area contributed by atoms with Crippen LogP contribution < -0.4 is 0 Å². The van der Waals surface area contributed by atoms with Gasteiger partial charge in [-0.15, -0.1) is 0 Å². The van der Waals surface area contributed by atoms with E-state index in [0.717, 1.165) is 22.1 Å². The normalized spacial score (nSPS) is 12.2. The Kier molecular flexibility index (Phi) is 2.91. The van der Waals surface area contributed by atoms with Gasteiger partial charge in [0.15, 0.2) is 5.58 Å². The van der Waals surface area contributed by atoms with Gasteiger partial charge in [0.1, 0.15) is 0 Å². The number of rotatable bonds is 1. The van der Waals surface area contributed by atoms with Crippen LogP contribution in [0.15, 0.2) is 89.3 Å². The van der Waals surface area contributed by atoms with Crippen LogP contribution in [0, 0.1) is 0 Å². The third-order valence-electron chi connectivity index (χ3n) is 6.18. The Labute approximate surface area is 171 Å². The van der Waals surface area contributed by atoms with Crippen molar-refractivity contribution >= 4 is 49.8 Å². The van der Waals surface area contributed by atoms with Crippen LogP contribution in [0.2, 0.25) is 0 Å². The van der Waals surface area contributed by atoms with E-state index in [1.807, 2.05) is 18.2 Å². The molecule has 0 atom stereocenters. The number of benzene rings is 4. The van der Waals surface area contributed by atoms with Crippen molar-refractivity contribution in [3.05, 3.63) is 84.9 Å². The summed E-state index contributed by atoms with van der Waals surface area (Å²) in [7, 11) is 2.13. The summed E-state index contributed by atoms with van der Waals surface area (Å²) in [5.41, 5.74) is 8.75. The van der Waals surface area contributed by atoms with E-state index < -0.39 is 0 Å². The Morgan fingerprint density at radius 3 is 2.33 bits per heavy atom. The lowest BCUT2D eigenvalue weighted by atomic mass is 10.0. The quantitative estimate of drug-likeness (QED) is 0.320. The fourth-order valence-corrected chi connectivity index (χ4v) is 4.71. The third-order valence-corrected chi connectivity index (χ3v) is 6.18. The Morgan fingerprint density at radius 1 is 0.667 bits per heavy atom. The molecule has 0 aliphatic heterocycles. The van der Waals surface area contributed by atoms with Crippen LogP contribution in [-0.4, -0.2) is 14.0 Å². The van der Waals surface area contributed by atoms with Crippen molar-refractivity contribution in [1.29, 1.82) is 0 Å². The lowest BCUT2D eigenvalue weighted by Crippen LogP contribution is -1.86. The highest BCUT2D eigenvalue weighted by Gasteiger charge is 2.14. The molecule has 4 heteroatoms. The third kappa shape index (κ3) is 1.97. The molecule has 3 heterocycles. The van der Waals surface area contributed by atoms with E-state index in [1.165, 1.54) is 32.9 Å². The van der Waals surface area contributed by atoms with Crippen molar-refractivity contribution in [2.45, 2.75) is 0 Å². The number of imidazole rings is 1. The number of para-hydroxylation sites is 3. The van der Waals surface area contributed by atoms with Crippen LogP contribution in [0.1, 0.15) is 0 Å². The summed E-state index contributed by atoms with van der Waals surface area (Å²) in [6, 6.07) is 29.8. The number of hydrogen-bond donors (Lipinski definition) is 0. The van der Waals surface area contributed by atoms with Gasteiger partial charge in [0, 0.05) is 28.9 Å². The van der Waals surface area contributed by atoms with Crippen LogP contribution in [0.25, 0.3) is 60.9 Å². The number of aromatic nitrogens is 3. The van der Waals surface area contributed by atoms with Gasteiger partial charge in [-0.2, -0.15) is 4.98 Å². The smallest absolute Gasteiger partial charge is 0.307 e. The molecule has 3 aromatic heterocycles. The van der Waals surface area contributed by atoms with Gasteiger partial charge in [0.2, 0.25) is 0 Å². The topological polar surface area (TPSA) is 35.4 Å². The Bertz CT molecular complexity index is 1760. The number of aryl methyl sites for hydroxylation is 1. The molecule has 0 saturated heterocycles. The van der Waals surface area contributed by atoms with E-state index in [1.54, 1.807) is 0 Å². The SMILES string of the molecule is Cn1c2ccccc2c2cc(-c3ccc4nc5oc6ccccc6n5c4c3)ccc21. The summed E-state index contributed by atoms with van der Waals surface area (Å²) in [4.78, 5) is 4.67. The molecule has 7 aromatic rings. The molecule has 0 aliphatic carbocycles. The molecule has 0 unspecified atom stereocenters. The largest absolute Gasteiger partial charge is 0.423 e.